The van der Waals surface area contributed by atoms with Gasteiger partial charge in [0, 0.05) is 6.04 Å². The summed E-state index contributed by atoms with van der Waals surface area (Å²) in [6, 6.07) is 0.844. The van der Waals surface area contributed by atoms with Crippen LogP contribution < -0.4 is 5.32 Å². The van der Waals surface area contributed by atoms with Gasteiger partial charge in [0.15, 0.2) is 0 Å². The van der Waals surface area contributed by atoms with E-state index in [1.165, 1.54) is 51.5 Å². The third-order valence-corrected chi connectivity index (χ3v) is 4.57. The van der Waals surface area contributed by atoms with Crippen molar-refractivity contribution < 1.29 is 4.74 Å². The Morgan fingerprint density at radius 2 is 2.00 bits per heavy atom. The summed E-state index contributed by atoms with van der Waals surface area (Å²) in [5.74, 6) is 0.817. The van der Waals surface area contributed by atoms with E-state index in [-0.39, 0.29) is 0 Å². The zero-order valence-corrected chi connectivity index (χ0v) is 13.4. The third-order valence-electron chi connectivity index (χ3n) is 4.57. The van der Waals surface area contributed by atoms with Gasteiger partial charge in [0.25, 0.3) is 0 Å². The molecule has 19 heavy (non-hydrogen) atoms. The Labute approximate surface area is 119 Å². The first-order chi connectivity index (χ1) is 8.94. The van der Waals surface area contributed by atoms with E-state index in [0.29, 0.717) is 17.6 Å². The molecule has 0 bridgehead atoms. The van der Waals surface area contributed by atoms with E-state index in [1.807, 2.05) is 0 Å². The summed E-state index contributed by atoms with van der Waals surface area (Å²) in [4.78, 5) is 0. The molecule has 0 heterocycles. The fourth-order valence-corrected chi connectivity index (χ4v) is 3.74. The topological polar surface area (TPSA) is 21.3 Å². The molecule has 1 N–H and O–H groups in total. The summed E-state index contributed by atoms with van der Waals surface area (Å²) in [7, 11) is 0. The average Bonchev–Trinajstić information content (AvgIpc) is 3.05. The van der Waals surface area contributed by atoms with Gasteiger partial charge in [-0.1, -0.05) is 20.8 Å². The Kier molecular flexibility index (Phi) is 5.30. The predicted octanol–water partition coefficient (Wildman–Crippen LogP) is 4.14. The van der Waals surface area contributed by atoms with Crippen molar-refractivity contribution in [2.75, 3.05) is 6.54 Å². The van der Waals surface area contributed by atoms with Gasteiger partial charge in [0.05, 0.1) is 12.2 Å². The van der Waals surface area contributed by atoms with Crippen molar-refractivity contribution in [3.05, 3.63) is 0 Å². The first kappa shape index (κ1) is 15.3. The Morgan fingerprint density at radius 3 is 2.63 bits per heavy atom. The van der Waals surface area contributed by atoms with Crippen LogP contribution >= 0.6 is 0 Å². The van der Waals surface area contributed by atoms with Gasteiger partial charge < -0.3 is 10.1 Å². The first-order valence-electron chi connectivity index (χ1n) is 8.33. The molecule has 0 aliphatic heterocycles. The summed E-state index contributed by atoms with van der Waals surface area (Å²) < 4.78 is 6.29. The lowest BCUT2D eigenvalue weighted by molar-refractivity contribution is -0.0613. The lowest BCUT2D eigenvalue weighted by Gasteiger charge is -2.39. The summed E-state index contributed by atoms with van der Waals surface area (Å²) in [5, 5.41) is 3.58. The highest BCUT2D eigenvalue weighted by molar-refractivity contribution is 4.84. The van der Waals surface area contributed by atoms with Crippen LogP contribution in [-0.4, -0.2) is 24.8 Å². The molecule has 2 aliphatic rings. The summed E-state index contributed by atoms with van der Waals surface area (Å²) in [6.45, 7) is 10.6. The van der Waals surface area contributed by atoms with E-state index in [1.54, 1.807) is 0 Å². The molecule has 2 rings (SSSR count). The molecule has 2 nitrogen and oxygen atoms in total. The summed E-state index contributed by atoms with van der Waals surface area (Å²) >= 11 is 0. The molecule has 112 valence electrons. The molecule has 2 saturated carbocycles. The van der Waals surface area contributed by atoms with Gasteiger partial charge in [-0.25, -0.2) is 0 Å². The molecule has 0 aromatic carbocycles. The van der Waals surface area contributed by atoms with Crippen molar-refractivity contribution in [3.8, 4) is 0 Å². The van der Waals surface area contributed by atoms with Gasteiger partial charge in [-0.3, -0.25) is 0 Å². The van der Waals surface area contributed by atoms with Crippen molar-refractivity contribution >= 4 is 0 Å². The molecule has 3 atom stereocenters. The Morgan fingerprint density at radius 1 is 1.26 bits per heavy atom. The van der Waals surface area contributed by atoms with E-state index in [4.69, 9.17) is 4.74 Å². The third kappa shape index (κ3) is 5.83. The average molecular weight is 267 g/mol. The standard InChI is InChI=1S/C17H33NO/c1-13-10-16(12-17(3,4)11-13)19-14(2)6-5-9-18-15-7-8-15/h13-16,18H,5-12H2,1-4H3. The number of hydrogen-bond donors (Lipinski definition) is 1. The maximum absolute atomic E-state index is 6.29. The molecule has 0 saturated heterocycles. The molecule has 0 spiro atoms. The van der Waals surface area contributed by atoms with Gasteiger partial charge >= 0.3 is 0 Å². The van der Waals surface area contributed by atoms with Crippen LogP contribution in [0.5, 0.6) is 0 Å². The molecule has 2 fully saturated rings. The van der Waals surface area contributed by atoms with Gasteiger partial charge in [-0.15, -0.1) is 0 Å². The minimum atomic E-state index is 0.423. The smallest absolute Gasteiger partial charge is 0.0586 e. The van der Waals surface area contributed by atoms with Crippen LogP contribution in [0, 0.1) is 11.3 Å². The van der Waals surface area contributed by atoms with Gasteiger partial charge in [0.1, 0.15) is 0 Å². The van der Waals surface area contributed by atoms with Gasteiger partial charge in [-0.05, 0) is 69.7 Å². The fourth-order valence-electron chi connectivity index (χ4n) is 3.74. The quantitative estimate of drug-likeness (QED) is 0.700. The van der Waals surface area contributed by atoms with Crippen LogP contribution in [0.3, 0.4) is 0 Å². The fraction of sp³-hybridized carbons (Fsp3) is 1.00. The molecular weight excluding hydrogens is 234 g/mol. The minimum Gasteiger partial charge on any atom is -0.375 e. The second kappa shape index (κ2) is 6.58. The van der Waals surface area contributed by atoms with Crippen LogP contribution in [0.1, 0.15) is 72.6 Å². The zero-order chi connectivity index (χ0) is 13.9. The summed E-state index contributed by atoms with van der Waals surface area (Å²) in [6.07, 6.45) is 10.00. The molecule has 2 heteroatoms. The van der Waals surface area contributed by atoms with Crippen LogP contribution in [0.15, 0.2) is 0 Å². The highest BCUT2D eigenvalue weighted by atomic mass is 16.5. The van der Waals surface area contributed by atoms with Crippen molar-refractivity contribution in [2.24, 2.45) is 11.3 Å². The van der Waals surface area contributed by atoms with E-state index in [9.17, 15) is 0 Å². The number of hydrogen-bond acceptors (Lipinski definition) is 2. The largest absolute Gasteiger partial charge is 0.375 e. The SMILES string of the molecule is CC1CC(OC(C)CCCNC2CC2)CC(C)(C)C1. The van der Waals surface area contributed by atoms with Gasteiger partial charge in [-0.2, -0.15) is 0 Å². The number of rotatable bonds is 7. The molecule has 0 amide bonds. The lowest BCUT2D eigenvalue weighted by Crippen LogP contribution is -2.34. The Bertz CT molecular complexity index is 272. The van der Waals surface area contributed by atoms with Crippen molar-refractivity contribution in [3.63, 3.8) is 0 Å². The molecule has 2 aliphatic carbocycles. The normalized spacial score (nSPS) is 32.2. The number of nitrogens with one attached hydrogen (secondary N) is 1. The van der Waals surface area contributed by atoms with Crippen LogP contribution in [0.4, 0.5) is 0 Å². The molecule has 0 radical (unpaired) electrons. The summed E-state index contributed by atoms with van der Waals surface area (Å²) in [5.41, 5.74) is 0.468. The molecule has 3 unspecified atom stereocenters. The first-order valence-corrected chi connectivity index (χ1v) is 8.33. The predicted molar refractivity (Wildman–Crippen MR) is 81.4 cm³/mol. The second-order valence-electron chi connectivity index (χ2n) is 7.85. The van der Waals surface area contributed by atoms with Crippen LogP contribution in [0.25, 0.3) is 0 Å². The van der Waals surface area contributed by atoms with Crippen molar-refractivity contribution in [2.45, 2.75) is 90.9 Å². The Hall–Kier alpha value is -0.0800. The van der Waals surface area contributed by atoms with Crippen molar-refractivity contribution in [1.29, 1.82) is 0 Å². The number of ether oxygens (including phenoxy) is 1. The van der Waals surface area contributed by atoms with Crippen LogP contribution in [0.2, 0.25) is 0 Å². The molecule has 0 aromatic heterocycles. The molecular formula is C17H33NO. The zero-order valence-electron chi connectivity index (χ0n) is 13.4. The highest BCUT2D eigenvalue weighted by Crippen LogP contribution is 2.40. The van der Waals surface area contributed by atoms with Gasteiger partial charge in [0.2, 0.25) is 0 Å². The lowest BCUT2D eigenvalue weighted by atomic mass is 9.71. The Balaban J connectivity index is 1.61. The highest BCUT2D eigenvalue weighted by Gasteiger charge is 2.33. The monoisotopic (exact) mass is 267 g/mol. The van der Waals surface area contributed by atoms with E-state index in [0.717, 1.165) is 12.0 Å². The maximum atomic E-state index is 6.29. The van der Waals surface area contributed by atoms with E-state index < -0.39 is 0 Å². The van der Waals surface area contributed by atoms with E-state index >= 15 is 0 Å². The van der Waals surface area contributed by atoms with Crippen molar-refractivity contribution in [1.82, 2.24) is 5.32 Å². The van der Waals surface area contributed by atoms with Crippen LogP contribution in [-0.2, 0) is 4.74 Å². The minimum absolute atomic E-state index is 0.423. The molecule has 0 aromatic rings. The van der Waals surface area contributed by atoms with E-state index in [2.05, 4.69) is 33.0 Å². The maximum Gasteiger partial charge on any atom is 0.0586 e. The second-order valence-corrected chi connectivity index (χ2v) is 7.85.